The zero-order valence-corrected chi connectivity index (χ0v) is 9.54. The van der Waals surface area contributed by atoms with Crippen LogP contribution in [0.3, 0.4) is 0 Å². The number of hydrogen-bond donors (Lipinski definition) is 0. The minimum Gasteiger partial charge on any atom is -0.490 e. The van der Waals surface area contributed by atoms with E-state index in [9.17, 15) is 0 Å². The first-order valence-corrected chi connectivity index (χ1v) is 5.32. The van der Waals surface area contributed by atoms with E-state index >= 15 is 0 Å². The van der Waals surface area contributed by atoms with Gasteiger partial charge < -0.3 is 9.47 Å². The molecule has 15 heavy (non-hydrogen) atoms. The first-order chi connectivity index (χ1) is 7.36. The van der Waals surface area contributed by atoms with Gasteiger partial charge in [0.25, 0.3) is 0 Å². The number of alkyl halides is 1. The standard InChI is InChI=1S/C12H15ClO2/c1-14-10-11-5-4-6-12(9-11)15-8-3-2-7-13/h2-6,9H,7-8,10H2,1H3. The quantitative estimate of drug-likeness (QED) is 0.549. The minimum absolute atomic E-state index is 0.521. The molecule has 0 unspecified atom stereocenters. The number of hydrogen-bond acceptors (Lipinski definition) is 2. The third-order valence-corrected chi connectivity index (χ3v) is 1.99. The van der Waals surface area contributed by atoms with E-state index in [4.69, 9.17) is 21.1 Å². The number of allylic oxidation sites excluding steroid dienone is 1. The van der Waals surface area contributed by atoms with Gasteiger partial charge >= 0.3 is 0 Å². The zero-order chi connectivity index (χ0) is 10.9. The van der Waals surface area contributed by atoms with Gasteiger partial charge in [-0.3, -0.25) is 0 Å². The molecule has 0 saturated heterocycles. The molecular formula is C12H15ClO2. The van der Waals surface area contributed by atoms with Crippen molar-refractivity contribution in [3.63, 3.8) is 0 Å². The van der Waals surface area contributed by atoms with Crippen molar-refractivity contribution in [1.29, 1.82) is 0 Å². The van der Waals surface area contributed by atoms with Crippen molar-refractivity contribution >= 4 is 11.6 Å². The van der Waals surface area contributed by atoms with Gasteiger partial charge in [-0.1, -0.05) is 24.3 Å². The number of ether oxygens (including phenoxy) is 2. The summed E-state index contributed by atoms with van der Waals surface area (Å²) < 4.78 is 10.5. The molecule has 0 spiro atoms. The van der Waals surface area contributed by atoms with Gasteiger partial charge in [0.15, 0.2) is 0 Å². The molecule has 0 atom stereocenters. The highest BCUT2D eigenvalue weighted by Crippen LogP contribution is 2.13. The highest BCUT2D eigenvalue weighted by molar-refractivity contribution is 6.18. The molecule has 0 aromatic heterocycles. The number of methoxy groups -OCH3 is 1. The first-order valence-electron chi connectivity index (χ1n) is 4.78. The lowest BCUT2D eigenvalue weighted by atomic mass is 10.2. The van der Waals surface area contributed by atoms with E-state index in [2.05, 4.69) is 0 Å². The van der Waals surface area contributed by atoms with Crippen LogP contribution in [-0.2, 0) is 11.3 Å². The average molecular weight is 227 g/mol. The Kier molecular flexibility index (Phi) is 5.90. The van der Waals surface area contributed by atoms with Gasteiger partial charge in [0.1, 0.15) is 12.4 Å². The molecule has 82 valence electrons. The van der Waals surface area contributed by atoms with Crippen LogP contribution < -0.4 is 4.74 Å². The van der Waals surface area contributed by atoms with Gasteiger partial charge in [-0.2, -0.15) is 0 Å². The highest BCUT2D eigenvalue weighted by Gasteiger charge is 1.95. The second-order valence-electron chi connectivity index (χ2n) is 3.02. The summed E-state index contributed by atoms with van der Waals surface area (Å²) in [5.74, 6) is 1.37. The Morgan fingerprint density at radius 1 is 1.33 bits per heavy atom. The summed E-state index contributed by atoms with van der Waals surface area (Å²) >= 11 is 5.49. The number of halogens is 1. The highest BCUT2D eigenvalue weighted by atomic mass is 35.5. The molecule has 0 saturated carbocycles. The van der Waals surface area contributed by atoms with Crippen molar-refractivity contribution in [2.24, 2.45) is 0 Å². The Bertz CT molecular complexity index is 310. The zero-order valence-electron chi connectivity index (χ0n) is 8.78. The molecule has 0 N–H and O–H groups in total. The summed E-state index contributed by atoms with van der Waals surface area (Å²) in [7, 11) is 1.68. The van der Waals surface area contributed by atoms with Crippen LogP contribution in [-0.4, -0.2) is 19.6 Å². The van der Waals surface area contributed by atoms with Gasteiger partial charge in [-0.25, -0.2) is 0 Å². The lowest BCUT2D eigenvalue weighted by molar-refractivity contribution is 0.184. The maximum absolute atomic E-state index is 5.49. The summed E-state index contributed by atoms with van der Waals surface area (Å²) in [5, 5.41) is 0. The lowest BCUT2D eigenvalue weighted by Gasteiger charge is -2.05. The van der Waals surface area contributed by atoms with Crippen LogP contribution in [0.2, 0.25) is 0 Å². The monoisotopic (exact) mass is 226 g/mol. The molecule has 1 aromatic rings. The van der Waals surface area contributed by atoms with Gasteiger partial charge in [0.05, 0.1) is 6.61 Å². The van der Waals surface area contributed by atoms with Crippen LogP contribution in [0.5, 0.6) is 5.75 Å². The van der Waals surface area contributed by atoms with Gasteiger partial charge in [-0.05, 0) is 17.7 Å². The maximum atomic E-state index is 5.49. The van der Waals surface area contributed by atoms with Crippen molar-refractivity contribution in [3.8, 4) is 5.75 Å². The second-order valence-corrected chi connectivity index (χ2v) is 3.33. The van der Waals surface area contributed by atoms with Gasteiger partial charge in [0, 0.05) is 13.0 Å². The lowest BCUT2D eigenvalue weighted by Crippen LogP contribution is -1.95. The van der Waals surface area contributed by atoms with Crippen molar-refractivity contribution in [2.75, 3.05) is 19.6 Å². The van der Waals surface area contributed by atoms with Crippen molar-refractivity contribution in [1.82, 2.24) is 0 Å². The largest absolute Gasteiger partial charge is 0.490 e. The van der Waals surface area contributed by atoms with E-state index in [0.717, 1.165) is 11.3 Å². The molecule has 0 fully saturated rings. The van der Waals surface area contributed by atoms with Gasteiger partial charge in [0.2, 0.25) is 0 Å². The fourth-order valence-electron chi connectivity index (χ4n) is 1.17. The van der Waals surface area contributed by atoms with E-state index in [1.54, 1.807) is 7.11 Å². The van der Waals surface area contributed by atoms with Crippen molar-refractivity contribution < 1.29 is 9.47 Å². The van der Waals surface area contributed by atoms with Crippen molar-refractivity contribution in [3.05, 3.63) is 42.0 Å². The summed E-state index contributed by atoms with van der Waals surface area (Å²) in [5.41, 5.74) is 1.11. The van der Waals surface area contributed by atoms with E-state index in [0.29, 0.717) is 19.1 Å². The molecule has 0 heterocycles. The summed E-state index contributed by atoms with van der Waals surface area (Å²) in [4.78, 5) is 0. The van der Waals surface area contributed by atoms with Crippen LogP contribution >= 0.6 is 11.6 Å². The normalized spacial score (nSPS) is 10.8. The molecular weight excluding hydrogens is 212 g/mol. The second kappa shape index (κ2) is 7.32. The fourth-order valence-corrected chi connectivity index (χ4v) is 1.29. The predicted molar refractivity (Wildman–Crippen MR) is 62.5 cm³/mol. The molecule has 0 amide bonds. The van der Waals surface area contributed by atoms with Crippen LogP contribution in [0.15, 0.2) is 36.4 Å². The molecule has 1 aromatic carbocycles. The molecule has 1 rings (SSSR count). The Morgan fingerprint density at radius 2 is 2.20 bits per heavy atom. The Hall–Kier alpha value is -0.990. The minimum atomic E-state index is 0.521. The van der Waals surface area contributed by atoms with Gasteiger partial charge in [-0.15, -0.1) is 11.6 Å². The predicted octanol–water partition coefficient (Wildman–Crippen LogP) is 3.01. The SMILES string of the molecule is COCc1cccc(OCC=CCCl)c1. The average Bonchev–Trinajstić information content (AvgIpc) is 2.26. The van der Waals surface area contributed by atoms with E-state index in [-0.39, 0.29) is 0 Å². The Balaban J connectivity index is 2.46. The third kappa shape index (κ3) is 4.86. The summed E-state index contributed by atoms with van der Waals surface area (Å²) in [6, 6.07) is 7.85. The molecule has 0 bridgehead atoms. The Morgan fingerprint density at radius 3 is 2.93 bits per heavy atom. The number of rotatable bonds is 6. The molecule has 0 radical (unpaired) electrons. The molecule has 0 aliphatic rings. The summed E-state index contributed by atoms with van der Waals surface area (Å²) in [6.07, 6.45) is 3.76. The molecule has 0 aliphatic heterocycles. The van der Waals surface area contributed by atoms with E-state index in [1.165, 1.54) is 0 Å². The number of benzene rings is 1. The van der Waals surface area contributed by atoms with Crippen molar-refractivity contribution in [2.45, 2.75) is 6.61 Å². The third-order valence-electron chi connectivity index (χ3n) is 1.81. The first kappa shape index (κ1) is 12.1. The molecule has 3 heteroatoms. The fraction of sp³-hybridized carbons (Fsp3) is 0.333. The van der Waals surface area contributed by atoms with Crippen LogP contribution in [0, 0.1) is 0 Å². The van der Waals surface area contributed by atoms with E-state index < -0.39 is 0 Å². The Labute approximate surface area is 95.5 Å². The van der Waals surface area contributed by atoms with E-state index in [1.807, 2.05) is 36.4 Å². The molecule has 0 aliphatic carbocycles. The van der Waals surface area contributed by atoms with Crippen LogP contribution in [0.25, 0.3) is 0 Å². The molecule has 2 nitrogen and oxygen atoms in total. The maximum Gasteiger partial charge on any atom is 0.120 e. The van der Waals surface area contributed by atoms with Crippen LogP contribution in [0.4, 0.5) is 0 Å². The summed E-state index contributed by atoms with van der Waals surface area (Å²) in [6.45, 7) is 1.15. The smallest absolute Gasteiger partial charge is 0.120 e. The topological polar surface area (TPSA) is 18.5 Å². The van der Waals surface area contributed by atoms with Crippen LogP contribution in [0.1, 0.15) is 5.56 Å².